The molecule has 4 nitrogen and oxygen atoms in total. The lowest BCUT2D eigenvalue weighted by atomic mass is 10.2. The molecule has 0 radical (unpaired) electrons. The fourth-order valence-electron chi connectivity index (χ4n) is 0.878. The number of carbonyl (C=O) groups excluding carboxylic acids is 1. The summed E-state index contributed by atoms with van der Waals surface area (Å²) in [7, 11) is 0. The van der Waals surface area contributed by atoms with Gasteiger partial charge >= 0.3 is 5.97 Å². The van der Waals surface area contributed by atoms with Crippen LogP contribution in [0.4, 0.5) is 0 Å². The molecule has 4 heteroatoms. The standard InChI is InChI=1S/C8H13NO3/c1-3-11-8(10)7-5-4-6(2)9-12-7/h4-7,9H,3H2,1-2H3. The van der Waals surface area contributed by atoms with E-state index in [1.807, 2.05) is 13.0 Å². The minimum absolute atomic E-state index is 0.149. The van der Waals surface area contributed by atoms with Crippen molar-refractivity contribution in [2.45, 2.75) is 26.0 Å². The molecule has 1 rings (SSSR count). The summed E-state index contributed by atoms with van der Waals surface area (Å²) in [6.45, 7) is 4.07. The van der Waals surface area contributed by atoms with Gasteiger partial charge in [0, 0.05) is 6.04 Å². The summed E-state index contributed by atoms with van der Waals surface area (Å²) in [4.78, 5) is 16.1. The Morgan fingerprint density at radius 3 is 2.92 bits per heavy atom. The number of hydrogen-bond donors (Lipinski definition) is 1. The van der Waals surface area contributed by atoms with Crippen molar-refractivity contribution in [1.29, 1.82) is 0 Å². The zero-order valence-electron chi connectivity index (χ0n) is 7.24. The van der Waals surface area contributed by atoms with Gasteiger partial charge in [-0.15, -0.1) is 0 Å². The summed E-state index contributed by atoms with van der Waals surface area (Å²) in [5, 5.41) is 0. The molecule has 0 aromatic carbocycles. The molecule has 2 atom stereocenters. The van der Waals surface area contributed by atoms with Gasteiger partial charge in [0.05, 0.1) is 6.61 Å². The third-order valence-electron chi connectivity index (χ3n) is 1.47. The number of rotatable bonds is 2. The molecule has 0 aromatic heterocycles. The van der Waals surface area contributed by atoms with Crippen LogP contribution in [0, 0.1) is 0 Å². The van der Waals surface area contributed by atoms with Crippen LogP contribution in [0.3, 0.4) is 0 Å². The van der Waals surface area contributed by atoms with Gasteiger partial charge in [0.25, 0.3) is 0 Å². The van der Waals surface area contributed by atoms with Gasteiger partial charge < -0.3 is 4.74 Å². The lowest BCUT2D eigenvalue weighted by Crippen LogP contribution is -2.38. The maximum atomic E-state index is 11.1. The van der Waals surface area contributed by atoms with Gasteiger partial charge in [0.1, 0.15) is 0 Å². The predicted molar refractivity (Wildman–Crippen MR) is 43.2 cm³/mol. The molecule has 12 heavy (non-hydrogen) atoms. The first-order chi connectivity index (χ1) is 5.74. The largest absolute Gasteiger partial charge is 0.464 e. The van der Waals surface area contributed by atoms with Gasteiger partial charge in [-0.05, 0) is 19.9 Å². The molecule has 0 fully saturated rings. The van der Waals surface area contributed by atoms with Gasteiger partial charge in [-0.25, -0.2) is 4.79 Å². The van der Waals surface area contributed by atoms with Crippen LogP contribution in [0.1, 0.15) is 13.8 Å². The van der Waals surface area contributed by atoms with E-state index in [2.05, 4.69) is 5.48 Å². The minimum atomic E-state index is -0.596. The Morgan fingerprint density at radius 1 is 1.67 bits per heavy atom. The molecule has 2 unspecified atom stereocenters. The first-order valence-corrected chi connectivity index (χ1v) is 4.00. The smallest absolute Gasteiger partial charge is 0.341 e. The van der Waals surface area contributed by atoms with Crippen LogP contribution in [0.2, 0.25) is 0 Å². The van der Waals surface area contributed by atoms with E-state index in [0.717, 1.165) is 0 Å². The summed E-state index contributed by atoms with van der Waals surface area (Å²) < 4.78 is 4.76. The Hall–Kier alpha value is -0.870. The van der Waals surface area contributed by atoms with Crippen LogP contribution < -0.4 is 5.48 Å². The zero-order valence-corrected chi connectivity index (χ0v) is 7.24. The fraction of sp³-hybridized carbons (Fsp3) is 0.625. The topological polar surface area (TPSA) is 47.6 Å². The molecule has 1 N–H and O–H groups in total. The van der Waals surface area contributed by atoms with Crippen molar-refractivity contribution in [3.8, 4) is 0 Å². The van der Waals surface area contributed by atoms with Gasteiger partial charge in [-0.1, -0.05) is 6.08 Å². The summed E-state index contributed by atoms with van der Waals surface area (Å²) in [5.41, 5.74) is 2.68. The molecule has 1 aliphatic rings. The van der Waals surface area contributed by atoms with Gasteiger partial charge in [0.15, 0.2) is 6.10 Å². The second-order valence-electron chi connectivity index (χ2n) is 2.58. The second kappa shape index (κ2) is 4.23. The monoisotopic (exact) mass is 171 g/mol. The van der Waals surface area contributed by atoms with Gasteiger partial charge in [-0.2, -0.15) is 5.48 Å². The van der Waals surface area contributed by atoms with Crippen molar-refractivity contribution in [2.75, 3.05) is 6.61 Å². The second-order valence-corrected chi connectivity index (χ2v) is 2.58. The van der Waals surface area contributed by atoms with Gasteiger partial charge in [0.2, 0.25) is 0 Å². The van der Waals surface area contributed by atoms with E-state index in [4.69, 9.17) is 9.57 Å². The molecule has 0 amide bonds. The van der Waals surface area contributed by atoms with Crippen LogP contribution in [0.5, 0.6) is 0 Å². The lowest BCUT2D eigenvalue weighted by Gasteiger charge is -2.20. The van der Waals surface area contributed by atoms with Crippen molar-refractivity contribution in [3.05, 3.63) is 12.2 Å². The molecule has 1 heterocycles. The van der Waals surface area contributed by atoms with Crippen LogP contribution in [0.15, 0.2) is 12.2 Å². The number of carbonyl (C=O) groups is 1. The average Bonchev–Trinajstić information content (AvgIpc) is 2.06. The third-order valence-corrected chi connectivity index (χ3v) is 1.47. The Bertz CT molecular complexity index is 191. The highest BCUT2D eigenvalue weighted by molar-refractivity contribution is 5.77. The average molecular weight is 171 g/mol. The molecule has 1 aliphatic heterocycles. The van der Waals surface area contributed by atoms with E-state index in [-0.39, 0.29) is 12.0 Å². The van der Waals surface area contributed by atoms with E-state index in [9.17, 15) is 4.79 Å². The normalized spacial score (nSPS) is 28.5. The summed E-state index contributed by atoms with van der Waals surface area (Å²) in [5.74, 6) is -0.354. The SMILES string of the molecule is CCOC(=O)C1C=CC(C)NO1. The zero-order chi connectivity index (χ0) is 8.97. The molecule has 0 spiro atoms. The van der Waals surface area contributed by atoms with Crippen LogP contribution in [-0.2, 0) is 14.4 Å². The number of nitrogens with one attached hydrogen (secondary N) is 1. The van der Waals surface area contributed by atoms with Crippen molar-refractivity contribution in [3.63, 3.8) is 0 Å². The van der Waals surface area contributed by atoms with E-state index >= 15 is 0 Å². The summed E-state index contributed by atoms with van der Waals surface area (Å²) in [6.07, 6.45) is 2.96. The maximum Gasteiger partial charge on any atom is 0.341 e. The Labute approximate surface area is 71.5 Å². The van der Waals surface area contributed by atoms with E-state index in [1.54, 1.807) is 13.0 Å². The van der Waals surface area contributed by atoms with Crippen LogP contribution in [0.25, 0.3) is 0 Å². The van der Waals surface area contributed by atoms with E-state index in [1.165, 1.54) is 0 Å². The number of hydroxylamine groups is 1. The lowest BCUT2D eigenvalue weighted by molar-refractivity contribution is -0.159. The summed E-state index contributed by atoms with van der Waals surface area (Å²) in [6, 6.07) is 0.149. The highest BCUT2D eigenvalue weighted by atomic mass is 16.7. The first kappa shape index (κ1) is 9.22. The number of esters is 1. The Balaban J connectivity index is 2.43. The molecular weight excluding hydrogens is 158 g/mol. The van der Waals surface area contributed by atoms with Crippen molar-refractivity contribution >= 4 is 5.97 Å². The Kier molecular flexibility index (Phi) is 3.25. The molecule has 0 saturated heterocycles. The van der Waals surface area contributed by atoms with Crippen molar-refractivity contribution < 1.29 is 14.4 Å². The number of ether oxygens (including phenoxy) is 1. The summed E-state index contributed by atoms with van der Waals surface area (Å²) >= 11 is 0. The fourth-order valence-corrected chi connectivity index (χ4v) is 0.878. The Morgan fingerprint density at radius 2 is 2.42 bits per heavy atom. The maximum absolute atomic E-state index is 11.1. The number of hydrogen-bond acceptors (Lipinski definition) is 4. The van der Waals surface area contributed by atoms with Crippen molar-refractivity contribution in [2.24, 2.45) is 0 Å². The van der Waals surface area contributed by atoms with Gasteiger partial charge in [-0.3, -0.25) is 4.84 Å². The first-order valence-electron chi connectivity index (χ1n) is 4.00. The van der Waals surface area contributed by atoms with Crippen LogP contribution in [-0.4, -0.2) is 24.7 Å². The molecule has 0 saturated carbocycles. The molecule has 0 aliphatic carbocycles. The molecular formula is C8H13NO3. The molecule has 0 aromatic rings. The third kappa shape index (κ3) is 2.32. The van der Waals surface area contributed by atoms with Crippen LogP contribution >= 0.6 is 0 Å². The quantitative estimate of drug-likeness (QED) is 0.482. The molecule has 68 valence electrons. The molecule has 0 bridgehead atoms. The highest BCUT2D eigenvalue weighted by Gasteiger charge is 2.21. The van der Waals surface area contributed by atoms with Crippen molar-refractivity contribution in [1.82, 2.24) is 5.48 Å². The van der Waals surface area contributed by atoms with E-state index in [0.29, 0.717) is 6.61 Å². The van der Waals surface area contributed by atoms with E-state index < -0.39 is 6.10 Å². The highest BCUT2D eigenvalue weighted by Crippen LogP contribution is 2.03. The minimum Gasteiger partial charge on any atom is -0.464 e. The predicted octanol–water partition coefficient (Wildman–Crippen LogP) is 0.398.